The summed E-state index contributed by atoms with van der Waals surface area (Å²) in [7, 11) is 1.85. The Morgan fingerprint density at radius 3 is 2.74 bits per heavy atom. The molecule has 1 aliphatic carbocycles. The lowest BCUT2D eigenvalue weighted by Crippen LogP contribution is -2.42. The summed E-state index contributed by atoms with van der Waals surface area (Å²) >= 11 is 1.94. The summed E-state index contributed by atoms with van der Waals surface area (Å²) in [6.45, 7) is 1.86. The van der Waals surface area contributed by atoms with Gasteiger partial charge in [0, 0.05) is 19.3 Å². The molecule has 4 rings (SSSR count). The van der Waals surface area contributed by atoms with Crippen molar-refractivity contribution in [3.8, 4) is 5.69 Å². The standard InChI is InChI=1S/C22H26N2O2S/c1-15-9-12-24(19-8-4-6-16-5-3-7-18(16)19)22(26)20(15)21(25)23(2)17-10-13-27-14-11-17/h4,6,8-9,12,17H,3,5,7,10-11,13-14H2,1-2H3. The normalized spacial score (nSPS) is 17.0. The molecule has 2 aliphatic rings. The van der Waals surface area contributed by atoms with Gasteiger partial charge in [0.1, 0.15) is 5.56 Å². The van der Waals surface area contributed by atoms with Crippen molar-refractivity contribution < 1.29 is 4.79 Å². The largest absolute Gasteiger partial charge is 0.338 e. The van der Waals surface area contributed by atoms with Crippen molar-refractivity contribution in [2.24, 2.45) is 0 Å². The maximum atomic E-state index is 13.3. The van der Waals surface area contributed by atoms with Crippen LogP contribution in [0, 0.1) is 6.92 Å². The van der Waals surface area contributed by atoms with Crippen molar-refractivity contribution >= 4 is 17.7 Å². The van der Waals surface area contributed by atoms with E-state index in [0.717, 1.165) is 54.9 Å². The minimum atomic E-state index is -0.197. The first kappa shape index (κ1) is 18.4. The fourth-order valence-electron chi connectivity index (χ4n) is 4.32. The second-order valence-electron chi connectivity index (χ2n) is 7.58. The highest BCUT2D eigenvalue weighted by Crippen LogP contribution is 2.27. The van der Waals surface area contributed by atoms with Crippen LogP contribution in [-0.2, 0) is 12.8 Å². The van der Waals surface area contributed by atoms with Gasteiger partial charge < -0.3 is 4.90 Å². The van der Waals surface area contributed by atoms with Crippen LogP contribution in [0.1, 0.15) is 46.3 Å². The van der Waals surface area contributed by atoms with Crippen molar-refractivity contribution in [1.82, 2.24) is 9.47 Å². The first-order valence-electron chi connectivity index (χ1n) is 9.76. The number of amides is 1. The number of hydrogen-bond donors (Lipinski definition) is 0. The molecule has 0 bridgehead atoms. The Morgan fingerprint density at radius 2 is 1.96 bits per heavy atom. The molecule has 27 heavy (non-hydrogen) atoms. The van der Waals surface area contributed by atoms with E-state index < -0.39 is 0 Å². The quantitative estimate of drug-likeness (QED) is 0.815. The van der Waals surface area contributed by atoms with Crippen LogP contribution in [0.25, 0.3) is 5.69 Å². The highest BCUT2D eigenvalue weighted by atomic mass is 32.2. The van der Waals surface area contributed by atoms with Crippen molar-refractivity contribution in [2.45, 2.75) is 45.1 Å². The van der Waals surface area contributed by atoms with E-state index in [1.165, 1.54) is 11.1 Å². The number of hydrogen-bond acceptors (Lipinski definition) is 3. The number of benzene rings is 1. The van der Waals surface area contributed by atoms with Gasteiger partial charge in [-0.25, -0.2) is 0 Å². The molecule has 2 heterocycles. The van der Waals surface area contributed by atoms with E-state index in [1.807, 2.05) is 50.1 Å². The Morgan fingerprint density at radius 1 is 1.19 bits per heavy atom. The van der Waals surface area contributed by atoms with Gasteiger partial charge in [0.2, 0.25) is 0 Å². The molecule has 1 aromatic carbocycles. The van der Waals surface area contributed by atoms with Crippen LogP contribution in [-0.4, -0.2) is 40.0 Å². The summed E-state index contributed by atoms with van der Waals surface area (Å²) in [5.74, 6) is 2.02. The maximum absolute atomic E-state index is 13.3. The van der Waals surface area contributed by atoms with Gasteiger partial charge in [0.05, 0.1) is 5.69 Å². The van der Waals surface area contributed by atoms with E-state index in [-0.39, 0.29) is 17.5 Å². The van der Waals surface area contributed by atoms with Crippen LogP contribution < -0.4 is 5.56 Å². The number of carbonyl (C=O) groups excluding carboxylic acids is 1. The fraction of sp³-hybridized carbons (Fsp3) is 0.455. The van der Waals surface area contributed by atoms with E-state index >= 15 is 0 Å². The molecule has 0 unspecified atom stereocenters. The van der Waals surface area contributed by atoms with Gasteiger partial charge in [0.15, 0.2) is 0 Å². The first-order valence-corrected chi connectivity index (χ1v) is 10.9. The molecular weight excluding hydrogens is 356 g/mol. The van der Waals surface area contributed by atoms with E-state index in [1.54, 1.807) is 9.47 Å². The van der Waals surface area contributed by atoms with Gasteiger partial charge in [-0.2, -0.15) is 11.8 Å². The molecule has 1 amide bonds. The molecule has 1 saturated heterocycles. The Hall–Kier alpha value is -2.01. The van der Waals surface area contributed by atoms with Crippen molar-refractivity contribution in [3.05, 3.63) is 63.1 Å². The van der Waals surface area contributed by atoms with E-state index in [2.05, 4.69) is 6.07 Å². The molecule has 0 N–H and O–H groups in total. The summed E-state index contributed by atoms with van der Waals surface area (Å²) in [5.41, 5.74) is 4.38. The minimum absolute atomic E-state index is 0.142. The number of thioether (sulfide) groups is 1. The van der Waals surface area contributed by atoms with Crippen LogP contribution in [0.15, 0.2) is 35.3 Å². The molecule has 1 aliphatic heterocycles. The van der Waals surface area contributed by atoms with Gasteiger partial charge in [-0.3, -0.25) is 14.2 Å². The van der Waals surface area contributed by atoms with E-state index in [4.69, 9.17) is 0 Å². The average Bonchev–Trinajstić information content (AvgIpc) is 3.17. The third kappa shape index (κ3) is 3.33. The molecule has 0 radical (unpaired) electrons. The summed E-state index contributed by atoms with van der Waals surface area (Å²) in [5, 5.41) is 0. The van der Waals surface area contributed by atoms with Gasteiger partial charge in [-0.1, -0.05) is 12.1 Å². The Bertz CT molecular complexity index is 928. The van der Waals surface area contributed by atoms with E-state index in [0.29, 0.717) is 5.56 Å². The molecule has 0 spiro atoms. The topological polar surface area (TPSA) is 42.3 Å². The number of nitrogens with zero attached hydrogens (tertiary/aromatic N) is 2. The summed E-state index contributed by atoms with van der Waals surface area (Å²) < 4.78 is 1.68. The van der Waals surface area contributed by atoms with Crippen molar-refractivity contribution in [1.29, 1.82) is 0 Å². The number of aryl methyl sites for hydroxylation is 2. The van der Waals surface area contributed by atoms with Gasteiger partial charge in [0.25, 0.3) is 11.5 Å². The van der Waals surface area contributed by atoms with Gasteiger partial charge in [-0.05, 0) is 79.4 Å². The third-order valence-corrected chi connectivity index (χ3v) is 7.00. The van der Waals surface area contributed by atoms with Crippen LogP contribution >= 0.6 is 11.8 Å². The second-order valence-corrected chi connectivity index (χ2v) is 8.80. The predicted molar refractivity (Wildman–Crippen MR) is 111 cm³/mol. The predicted octanol–water partition coefficient (Wildman–Crippen LogP) is 3.60. The molecule has 1 aromatic heterocycles. The Balaban J connectivity index is 1.75. The van der Waals surface area contributed by atoms with Crippen LogP contribution in [0.3, 0.4) is 0 Å². The summed E-state index contributed by atoms with van der Waals surface area (Å²) in [6, 6.07) is 8.28. The van der Waals surface area contributed by atoms with Crippen LogP contribution in [0.4, 0.5) is 0 Å². The lowest BCUT2D eigenvalue weighted by atomic mass is 10.0. The van der Waals surface area contributed by atoms with Gasteiger partial charge >= 0.3 is 0 Å². The SMILES string of the molecule is Cc1ccn(-c2cccc3c2CCC3)c(=O)c1C(=O)N(C)C1CCSCC1. The molecule has 0 saturated carbocycles. The zero-order valence-electron chi connectivity index (χ0n) is 16.0. The number of rotatable bonds is 3. The summed E-state index contributed by atoms with van der Waals surface area (Å²) in [4.78, 5) is 28.3. The van der Waals surface area contributed by atoms with Crippen molar-refractivity contribution in [3.63, 3.8) is 0 Å². The third-order valence-electron chi connectivity index (χ3n) is 5.95. The highest BCUT2D eigenvalue weighted by Gasteiger charge is 2.27. The first-order chi connectivity index (χ1) is 13.1. The molecule has 5 heteroatoms. The molecule has 142 valence electrons. The lowest BCUT2D eigenvalue weighted by Gasteiger charge is -2.31. The zero-order chi connectivity index (χ0) is 19.0. The Labute approximate surface area is 164 Å². The number of carbonyl (C=O) groups is 1. The highest BCUT2D eigenvalue weighted by molar-refractivity contribution is 7.99. The molecule has 4 nitrogen and oxygen atoms in total. The monoisotopic (exact) mass is 382 g/mol. The number of aromatic nitrogens is 1. The lowest BCUT2D eigenvalue weighted by molar-refractivity contribution is 0.0720. The molecule has 1 fully saturated rings. The molecule has 0 atom stereocenters. The summed E-state index contributed by atoms with van der Waals surface area (Å²) in [6.07, 6.45) is 7.01. The fourth-order valence-corrected chi connectivity index (χ4v) is 5.40. The van der Waals surface area contributed by atoms with Gasteiger partial charge in [-0.15, -0.1) is 0 Å². The minimum Gasteiger partial charge on any atom is -0.338 e. The molecule has 2 aromatic rings. The maximum Gasteiger partial charge on any atom is 0.268 e. The number of fused-ring (bicyclic) bond motifs is 1. The Kier molecular flexibility index (Phi) is 5.13. The van der Waals surface area contributed by atoms with Crippen LogP contribution in [0.5, 0.6) is 0 Å². The zero-order valence-corrected chi connectivity index (χ0v) is 16.8. The van der Waals surface area contributed by atoms with E-state index in [9.17, 15) is 9.59 Å². The molecular formula is C22H26N2O2S. The van der Waals surface area contributed by atoms with Crippen molar-refractivity contribution in [2.75, 3.05) is 18.6 Å². The second kappa shape index (κ2) is 7.55. The smallest absolute Gasteiger partial charge is 0.268 e. The van der Waals surface area contributed by atoms with Crippen LogP contribution in [0.2, 0.25) is 0 Å². The average molecular weight is 383 g/mol. The number of pyridine rings is 1.